The van der Waals surface area contributed by atoms with E-state index in [0.29, 0.717) is 12.0 Å². The van der Waals surface area contributed by atoms with Crippen LogP contribution in [0.1, 0.15) is 30.6 Å². The molecule has 4 nitrogen and oxygen atoms in total. The second-order valence-electron chi connectivity index (χ2n) is 6.39. The van der Waals surface area contributed by atoms with Crippen molar-refractivity contribution in [2.75, 3.05) is 38.6 Å². The van der Waals surface area contributed by atoms with Crippen molar-refractivity contribution in [3.8, 4) is 0 Å². The van der Waals surface area contributed by atoms with Gasteiger partial charge in [0.05, 0.1) is 0 Å². The molecule has 1 saturated heterocycles. The van der Waals surface area contributed by atoms with E-state index in [9.17, 15) is 4.79 Å². The summed E-state index contributed by atoms with van der Waals surface area (Å²) in [6, 6.07) is 8.33. The van der Waals surface area contributed by atoms with E-state index in [1.807, 2.05) is 43.3 Å². The fourth-order valence-electron chi connectivity index (χ4n) is 2.75. The lowest BCUT2D eigenvalue weighted by Crippen LogP contribution is -2.33. The van der Waals surface area contributed by atoms with Gasteiger partial charge in [-0.05, 0) is 57.0 Å². The first-order chi connectivity index (χ1) is 9.97. The Balaban J connectivity index is 1.82. The zero-order valence-electron chi connectivity index (χ0n) is 13.6. The lowest BCUT2D eigenvalue weighted by Gasteiger charge is -2.20. The van der Waals surface area contributed by atoms with Crippen LogP contribution in [-0.4, -0.2) is 50.6 Å². The summed E-state index contributed by atoms with van der Waals surface area (Å²) in [4.78, 5) is 16.7. The van der Waals surface area contributed by atoms with Gasteiger partial charge in [-0.25, -0.2) is 0 Å². The molecule has 2 rings (SSSR count). The number of carbonyl (C=O) groups excluding carboxylic acids is 1. The third kappa shape index (κ3) is 4.21. The van der Waals surface area contributed by atoms with Gasteiger partial charge in [0.1, 0.15) is 0 Å². The molecule has 1 aliphatic heterocycles. The predicted molar refractivity (Wildman–Crippen MR) is 87.9 cm³/mol. The van der Waals surface area contributed by atoms with E-state index in [2.05, 4.69) is 24.1 Å². The van der Waals surface area contributed by atoms with Gasteiger partial charge in [0.15, 0.2) is 0 Å². The van der Waals surface area contributed by atoms with Crippen LogP contribution in [0.4, 0.5) is 5.69 Å². The number of carbonyl (C=O) groups is 1. The normalized spacial score (nSPS) is 19.0. The molecule has 1 N–H and O–H groups in total. The van der Waals surface area contributed by atoms with Gasteiger partial charge in [-0.15, -0.1) is 0 Å². The number of likely N-dealkylation sites (tertiary alicyclic amines) is 1. The molecule has 0 aromatic heterocycles. The van der Waals surface area contributed by atoms with Gasteiger partial charge < -0.3 is 15.1 Å². The summed E-state index contributed by atoms with van der Waals surface area (Å²) in [6.45, 7) is 7.48. The van der Waals surface area contributed by atoms with Crippen molar-refractivity contribution in [3.05, 3.63) is 29.8 Å². The smallest absolute Gasteiger partial charge is 0.251 e. The van der Waals surface area contributed by atoms with Gasteiger partial charge in [-0.2, -0.15) is 0 Å². The molecule has 1 aliphatic rings. The standard InChI is InChI=1S/C17H27N3O/c1-13(2)20-10-9-14(12-20)11-18-17(21)15-5-7-16(8-6-15)19(3)4/h5-8,13-14H,9-12H2,1-4H3,(H,18,21)/t14-/m0/s1. The number of anilines is 1. The fraction of sp³-hybridized carbons (Fsp3) is 0.588. The molecule has 1 amide bonds. The van der Waals surface area contributed by atoms with Crippen LogP contribution in [0.15, 0.2) is 24.3 Å². The van der Waals surface area contributed by atoms with Crippen LogP contribution in [0.5, 0.6) is 0 Å². The minimum absolute atomic E-state index is 0.0308. The summed E-state index contributed by atoms with van der Waals surface area (Å²) >= 11 is 0. The average Bonchev–Trinajstić information content (AvgIpc) is 2.94. The topological polar surface area (TPSA) is 35.6 Å². The highest BCUT2D eigenvalue weighted by molar-refractivity contribution is 5.94. The van der Waals surface area contributed by atoms with Gasteiger partial charge in [0, 0.05) is 44.5 Å². The van der Waals surface area contributed by atoms with Gasteiger partial charge >= 0.3 is 0 Å². The third-order valence-corrected chi connectivity index (χ3v) is 4.24. The molecule has 4 heteroatoms. The van der Waals surface area contributed by atoms with E-state index in [1.54, 1.807) is 0 Å². The van der Waals surface area contributed by atoms with Crippen LogP contribution in [-0.2, 0) is 0 Å². The fourth-order valence-corrected chi connectivity index (χ4v) is 2.75. The van der Waals surface area contributed by atoms with Crippen molar-refractivity contribution in [1.82, 2.24) is 10.2 Å². The van der Waals surface area contributed by atoms with Crippen molar-refractivity contribution in [3.63, 3.8) is 0 Å². The highest BCUT2D eigenvalue weighted by atomic mass is 16.1. The number of hydrogen-bond donors (Lipinski definition) is 1. The number of nitrogens with zero attached hydrogens (tertiary/aromatic N) is 2. The maximum atomic E-state index is 12.2. The first kappa shape index (κ1) is 15.8. The summed E-state index contributed by atoms with van der Waals surface area (Å²) in [7, 11) is 3.99. The van der Waals surface area contributed by atoms with Crippen LogP contribution < -0.4 is 10.2 Å². The van der Waals surface area contributed by atoms with E-state index >= 15 is 0 Å². The molecule has 0 aliphatic carbocycles. The number of nitrogens with one attached hydrogen (secondary N) is 1. The van der Waals surface area contributed by atoms with E-state index in [1.165, 1.54) is 6.42 Å². The summed E-state index contributed by atoms with van der Waals surface area (Å²) in [5.74, 6) is 0.612. The zero-order valence-corrected chi connectivity index (χ0v) is 13.6. The van der Waals surface area contributed by atoms with Gasteiger partial charge in [0.2, 0.25) is 0 Å². The molecule has 0 saturated carbocycles. The maximum Gasteiger partial charge on any atom is 0.251 e. The monoisotopic (exact) mass is 289 g/mol. The van der Waals surface area contributed by atoms with Crippen molar-refractivity contribution in [2.24, 2.45) is 5.92 Å². The Morgan fingerprint density at radius 1 is 1.33 bits per heavy atom. The van der Waals surface area contributed by atoms with Gasteiger partial charge in [-0.3, -0.25) is 4.79 Å². The summed E-state index contributed by atoms with van der Waals surface area (Å²) in [5, 5.41) is 3.07. The first-order valence-corrected chi connectivity index (χ1v) is 7.77. The second-order valence-corrected chi connectivity index (χ2v) is 6.39. The van der Waals surface area contributed by atoms with E-state index in [4.69, 9.17) is 0 Å². The van der Waals surface area contributed by atoms with E-state index in [-0.39, 0.29) is 5.91 Å². The molecule has 0 spiro atoms. The Morgan fingerprint density at radius 2 is 2.00 bits per heavy atom. The summed E-state index contributed by atoms with van der Waals surface area (Å²) in [5.41, 5.74) is 1.84. The number of benzene rings is 1. The number of amides is 1. The highest BCUT2D eigenvalue weighted by Crippen LogP contribution is 2.18. The minimum atomic E-state index is 0.0308. The number of hydrogen-bond acceptors (Lipinski definition) is 3. The molecule has 0 unspecified atom stereocenters. The SMILES string of the molecule is CC(C)N1CC[C@@H](CNC(=O)c2ccc(N(C)C)cc2)C1. The molecule has 21 heavy (non-hydrogen) atoms. The molecule has 1 fully saturated rings. The molecular formula is C17H27N3O. The molecule has 0 radical (unpaired) electrons. The van der Waals surface area contributed by atoms with Crippen LogP contribution in [0, 0.1) is 5.92 Å². The van der Waals surface area contributed by atoms with Crippen LogP contribution >= 0.6 is 0 Å². The second kappa shape index (κ2) is 6.94. The van der Waals surface area contributed by atoms with Crippen LogP contribution in [0.3, 0.4) is 0 Å². The molecule has 1 heterocycles. The Bertz CT molecular complexity index is 467. The lowest BCUT2D eigenvalue weighted by molar-refractivity contribution is 0.0947. The Labute approximate surface area is 128 Å². The van der Waals surface area contributed by atoms with Crippen LogP contribution in [0.25, 0.3) is 0 Å². The van der Waals surface area contributed by atoms with E-state index < -0.39 is 0 Å². The largest absolute Gasteiger partial charge is 0.378 e. The lowest BCUT2D eigenvalue weighted by atomic mass is 10.1. The Morgan fingerprint density at radius 3 is 2.52 bits per heavy atom. The Hall–Kier alpha value is -1.55. The molecule has 116 valence electrons. The highest BCUT2D eigenvalue weighted by Gasteiger charge is 2.24. The maximum absolute atomic E-state index is 12.2. The van der Waals surface area contributed by atoms with Crippen molar-refractivity contribution in [1.29, 1.82) is 0 Å². The molecule has 1 aromatic carbocycles. The van der Waals surface area contributed by atoms with Crippen molar-refractivity contribution < 1.29 is 4.79 Å². The first-order valence-electron chi connectivity index (χ1n) is 7.77. The molecule has 1 aromatic rings. The average molecular weight is 289 g/mol. The molecule has 1 atom stereocenters. The predicted octanol–water partition coefficient (Wildman–Crippen LogP) is 2.21. The van der Waals surface area contributed by atoms with Crippen LogP contribution in [0.2, 0.25) is 0 Å². The van der Waals surface area contributed by atoms with Crippen molar-refractivity contribution in [2.45, 2.75) is 26.3 Å². The van der Waals surface area contributed by atoms with Crippen molar-refractivity contribution >= 4 is 11.6 Å². The molecular weight excluding hydrogens is 262 g/mol. The van der Waals surface area contributed by atoms with Gasteiger partial charge in [0.25, 0.3) is 5.91 Å². The quantitative estimate of drug-likeness (QED) is 0.903. The summed E-state index contributed by atoms with van der Waals surface area (Å²) in [6.07, 6.45) is 1.18. The third-order valence-electron chi connectivity index (χ3n) is 4.24. The molecule has 0 bridgehead atoms. The summed E-state index contributed by atoms with van der Waals surface area (Å²) < 4.78 is 0. The number of rotatable bonds is 5. The minimum Gasteiger partial charge on any atom is -0.378 e. The van der Waals surface area contributed by atoms with Gasteiger partial charge in [-0.1, -0.05) is 0 Å². The zero-order chi connectivity index (χ0) is 15.4. The van der Waals surface area contributed by atoms with E-state index in [0.717, 1.165) is 30.9 Å². The Kier molecular flexibility index (Phi) is 5.23.